The topological polar surface area (TPSA) is 78.3 Å². The van der Waals surface area contributed by atoms with Crippen LogP contribution in [0.4, 0.5) is 11.4 Å². The van der Waals surface area contributed by atoms with Gasteiger partial charge in [0.25, 0.3) is 0 Å². The largest absolute Gasteiger partial charge is 0.423 e. The third-order valence-corrected chi connectivity index (χ3v) is 2.52. The molecule has 0 atom stereocenters. The van der Waals surface area contributed by atoms with E-state index in [4.69, 9.17) is 16.2 Å². The number of esters is 1. The Bertz CT molecular complexity index is 594. The van der Waals surface area contributed by atoms with Crippen molar-refractivity contribution in [3.63, 3.8) is 0 Å². The first-order valence-electron chi connectivity index (χ1n) is 5.50. The molecule has 92 valence electrons. The van der Waals surface area contributed by atoms with Gasteiger partial charge in [-0.2, -0.15) is 0 Å². The predicted octanol–water partition coefficient (Wildman–Crippen LogP) is 2.38. The predicted molar refractivity (Wildman–Crippen MR) is 71.4 cm³/mol. The van der Waals surface area contributed by atoms with E-state index in [2.05, 4.69) is 0 Å². The fourth-order valence-corrected chi connectivity index (χ4v) is 1.61. The van der Waals surface area contributed by atoms with Gasteiger partial charge in [-0.15, -0.1) is 0 Å². The second-order valence-electron chi connectivity index (χ2n) is 4.04. The molecule has 0 saturated heterocycles. The second-order valence-corrected chi connectivity index (χ2v) is 4.04. The van der Waals surface area contributed by atoms with Gasteiger partial charge in [0.15, 0.2) is 0 Å². The van der Waals surface area contributed by atoms with E-state index in [0.29, 0.717) is 22.7 Å². The van der Waals surface area contributed by atoms with E-state index in [-0.39, 0.29) is 0 Å². The highest BCUT2D eigenvalue weighted by atomic mass is 16.5. The molecule has 0 bridgehead atoms. The average molecular weight is 242 g/mol. The van der Waals surface area contributed by atoms with Crippen molar-refractivity contribution in [2.45, 2.75) is 6.92 Å². The van der Waals surface area contributed by atoms with E-state index < -0.39 is 5.97 Å². The van der Waals surface area contributed by atoms with Gasteiger partial charge in [-0.05, 0) is 48.9 Å². The summed E-state index contributed by atoms with van der Waals surface area (Å²) in [5, 5.41) is 0. The number of nitrogens with two attached hydrogens (primary N) is 2. The van der Waals surface area contributed by atoms with Crippen LogP contribution in [0.3, 0.4) is 0 Å². The highest BCUT2D eigenvalue weighted by molar-refractivity contribution is 5.92. The standard InChI is InChI=1S/C14H14N2O2/c1-9-7-12(16)5-6-13(9)18-14(17)10-3-2-4-11(15)8-10/h2-8H,15-16H2,1H3. The van der Waals surface area contributed by atoms with Crippen LogP contribution in [0, 0.1) is 6.92 Å². The van der Waals surface area contributed by atoms with Crippen LogP contribution < -0.4 is 16.2 Å². The number of aryl methyl sites for hydroxylation is 1. The number of carbonyl (C=O) groups is 1. The highest BCUT2D eigenvalue weighted by Crippen LogP contribution is 2.21. The molecule has 0 radical (unpaired) electrons. The molecule has 4 N–H and O–H groups in total. The van der Waals surface area contributed by atoms with Gasteiger partial charge in [0, 0.05) is 11.4 Å². The summed E-state index contributed by atoms with van der Waals surface area (Å²) in [6.07, 6.45) is 0. The van der Waals surface area contributed by atoms with Gasteiger partial charge >= 0.3 is 5.97 Å². The molecule has 0 aliphatic carbocycles. The molecule has 4 nitrogen and oxygen atoms in total. The lowest BCUT2D eigenvalue weighted by Crippen LogP contribution is -2.09. The van der Waals surface area contributed by atoms with Crippen LogP contribution in [0.5, 0.6) is 5.75 Å². The Labute approximate surface area is 105 Å². The first-order chi connectivity index (χ1) is 8.56. The smallest absolute Gasteiger partial charge is 0.343 e. The molecule has 18 heavy (non-hydrogen) atoms. The van der Waals surface area contributed by atoms with Gasteiger partial charge in [-0.25, -0.2) is 4.79 Å². The number of hydrogen-bond acceptors (Lipinski definition) is 4. The van der Waals surface area contributed by atoms with Crippen LogP contribution >= 0.6 is 0 Å². The quantitative estimate of drug-likeness (QED) is 0.481. The lowest BCUT2D eigenvalue weighted by molar-refractivity contribution is 0.0733. The Morgan fingerprint density at radius 3 is 2.44 bits per heavy atom. The minimum atomic E-state index is -0.435. The summed E-state index contributed by atoms with van der Waals surface area (Å²) in [5.74, 6) is 0.0618. The van der Waals surface area contributed by atoms with Crippen LogP contribution in [0.25, 0.3) is 0 Å². The van der Waals surface area contributed by atoms with E-state index in [0.717, 1.165) is 5.56 Å². The zero-order valence-corrected chi connectivity index (χ0v) is 10.0. The minimum absolute atomic E-state index is 0.422. The molecule has 4 heteroatoms. The van der Waals surface area contributed by atoms with E-state index in [9.17, 15) is 4.79 Å². The van der Waals surface area contributed by atoms with E-state index in [1.807, 2.05) is 6.92 Å². The first kappa shape index (κ1) is 12.0. The van der Waals surface area contributed by atoms with E-state index in [1.54, 1.807) is 42.5 Å². The number of ether oxygens (including phenoxy) is 1. The van der Waals surface area contributed by atoms with Crippen molar-refractivity contribution in [2.24, 2.45) is 0 Å². The van der Waals surface area contributed by atoms with Gasteiger partial charge in [0.05, 0.1) is 5.56 Å². The lowest BCUT2D eigenvalue weighted by Gasteiger charge is -2.08. The number of nitrogen functional groups attached to an aromatic ring is 2. The third-order valence-electron chi connectivity index (χ3n) is 2.52. The van der Waals surface area contributed by atoms with Gasteiger partial charge in [-0.3, -0.25) is 0 Å². The van der Waals surface area contributed by atoms with Crippen molar-refractivity contribution in [2.75, 3.05) is 11.5 Å². The van der Waals surface area contributed by atoms with Crippen LogP contribution in [-0.4, -0.2) is 5.97 Å². The Morgan fingerprint density at radius 2 is 1.78 bits per heavy atom. The second kappa shape index (κ2) is 4.79. The number of benzene rings is 2. The maximum absolute atomic E-state index is 11.9. The van der Waals surface area contributed by atoms with Crippen molar-refractivity contribution in [3.05, 3.63) is 53.6 Å². The fourth-order valence-electron chi connectivity index (χ4n) is 1.61. The number of hydrogen-bond donors (Lipinski definition) is 2. The molecule has 2 aromatic rings. The van der Waals surface area contributed by atoms with Crippen molar-refractivity contribution >= 4 is 17.3 Å². The summed E-state index contributed by atoms with van der Waals surface area (Å²) in [7, 11) is 0. The molecular formula is C14H14N2O2. The SMILES string of the molecule is Cc1cc(N)ccc1OC(=O)c1cccc(N)c1. The molecule has 0 saturated carbocycles. The number of anilines is 2. The Kier molecular flexibility index (Phi) is 3.19. The lowest BCUT2D eigenvalue weighted by atomic mass is 10.2. The summed E-state index contributed by atoms with van der Waals surface area (Å²) in [6.45, 7) is 1.83. The summed E-state index contributed by atoms with van der Waals surface area (Å²) in [6, 6.07) is 11.8. The Morgan fingerprint density at radius 1 is 1.06 bits per heavy atom. The van der Waals surface area contributed by atoms with Crippen LogP contribution in [-0.2, 0) is 0 Å². The molecule has 0 amide bonds. The van der Waals surface area contributed by atoms with Crippen molar-refractivity contribution in [3.8, 4) is 5.75 Å². The molecule has 0 unspecified atom stereocenters. The zero-order valence-electron chi connectivity index (χ0n) is 10.0. The minimum Gasteiger partial charge on any atom is -0.423 e. The number of carbonyl (C=O) groups excluding carboxylic acids is 1. The van der Waals surface area contributed by atoms with E-state index >= 15 is 0 Å². The van der Waals surface area contributed by atoms with Gasteiger partial charge in [-0.1, -0.05) is 6.07 Å². The molecule has 0 heterocycles. The van der Waals surface area contributed by atoms with E-state index in [1.165, 1.54) is 0 Å². The van der Waals surface area contributed by atoms with Crippen LogP contribution in [0.15, 0.2) is 42.5 Å². The normalized spacial score (nSPS) is 10.1. The molecule has 2 aromatic carbocycles. The molecule has 2 rings (SSSR count). The van der Waals surface area contributed by atoms with Crippen LogP contribution in [0.2, 0.25) is 0 Å². The third kappa shape index (κ3) is 2.60. The molecular weight excluding hydrogens is 228 g/mol. The van der Waals surface area contributed by atoms with Crippen molar-refractivity contribution in [1.82, 2.24) is 0 Å². The van der Waals surface area contributed by atoms with Crippen LogP contribution in [0.1, 0.15) is 15.9 Å². The first-order valence-corrected chi connectivity index (χ1v) is 5.50. The Balaban J connectivity index is 2.21. The summed E-state index contributed by atoms with van der Waals surface area (Å²) >= 11 is 0. The highest BCUT2D eigenvalue weighted by Gasteiger charge is 2.10. The fraction of sp³-hybridized carbons (Fsp3) is 0.0714. The van der Waals surface area contributed by atoms with Gasteiger partial charge in [0.2, 0.25) is 0 Å². The molecule has 0 aromatic heterocycles. The van der Waals surface area contributed by atoms with Crippen molar-refractivity contribution < 1.29 is 9.53 Å². The Hall–Kier alpha value is -2.49. The zero-order chi connectivity index (χ0) is 13.1. The molecule has 0 aliphatic heterocycles. The van der Waals surface area contributed by atoms with Gasteiger partial charge < -0.3 is 16.2 Å². The monoisotopic (exact) mass is 242 g/mol. The maximum atomic E-state index is 11.9. The summed E-state index contributed by atoms with van der Waals surface area (Å²) in [5.41, 5.74) is 13.6. The molecule has 0 spiro atoms. The molecule has 0 fully saturated rings. The van der Waals surface area contributed by atoms with Crippen molar-refractivity contribution in [1.29, 1.82) is 0 Å². The summed E-state index contributed by atoms with van der Waals surface area (Å²) in [4.78, 5) is 11.9. The number of rotatable bonds is 2. The molecule has 0 aliphatic rings. The average Bonchev–Trinajstić information content (AvgIpc) is 2.32. The maximum Gasteiger partial charge on any atom is 0.343 e. The summed E-state index contributed by atoms with van der Waals surface area (Å²) < 4.78 is 5.29. The van der Waals surface area contributed by atoms with Gasteiger partial charge in [0.1, 0.15) is 5.75 Å².